The minimum atomic E-state index is 0.876. The zero-order valence-corrected chi connectivity index (χ0v) is 10.5. The largest absolute Gasteiger partial charge is 0.385 e. The van der Waals surface area contributed by atoms with Gasteiger partial charge in [0.25, 0.3) is 0 Å². The summed E-state index contributed by atoms with van der Waals surface area (Å²) in [6.45, 7) is 3.14. The van der Waals surface area contributed by atoms with Crippen LogP contribution < -0.4 is 5.32 Å². The highest BCUT2D eigenvalue weighted by molar-refractivity contribution is 7.98. The Morgan fingerprint density at radius 3 is 2.43 bits per heavy atom. The lowest BCUT2D eigenvalue weighted by atomic mass is 10.2. The lowest BCUT2D eigenvalue weighted by Gasteiger charge is -2.03. The van der Waals surface area contributed by atoms with Crippen LogP contribution in [0.3, 0.4) is 0 Å². The number of hydrogen-bond acceptors (Lipinski definition) is 3. The minimum absolute atomic E-state index is 0.876. The van der Waals surface area contributed by atoms with Crippen LogP contribution in [0.2, 0.25) is 0 Å². The highest BCUT2D eigenvalue weighted by atomic mass is 32.2. The Morgan fingerprint density at radius 2 is 1.71 bits per heavy atom. The van der Waals surface area contributed by atoms with Gasteiger partial charge in [0.15, 0.2) is 0 Å². The van der Waals surface area contributed by atoms with Crippen LogP contribution in [0, 0.1) is 0 Å². The quantitative estimate of drug-likeness (QED) is 0.540. The van der Waals surface area contributed by atoms with E-state index in [1.807, 2.05) is 11.8 Å². The Bertz CT molecular complexity index is 89.3. The van der Waals surface area contributed by atoms with Gasteiger partial charge in [-0.3, -0.25) is 0 Å². The van der Waals surface area contributed by atoms with Crippen LogP contribution in [-0.2, 0) is 4.74 Å². The molecule has 0 saturated carbocycles. The van der Waals surface area contributed by atoms with E-state index in [-0.39, 0.29) is 0 Å². The van der Waals surface area contributed by atoms with E-state index in [1.165, 1.54) is 38.0 Å². The SMILES string of the molecule is COCCCNCCCCCCSC. The molecular formula is C11H25NOS. The number of thioether (sulfide) groups is 1. The summed E-state index contributed by atoms with van der Waals surface area (Å²) < 4.78 is 4.97. The molecule has 0 bridgehead atoms. The first-order valence-electron chi connectivity index (χ1n) is 5.60. The Hall–Kier alpha value is 0.270. The van der Waals surface area contributed by atoms with Crippen molar-refractivity contribution in [3.63, 3.8) is 0 Å². The van der Waals surface area contributed by atoms with Gasteiger partial charge in [0, 0.05) is 13.7 Å². The number of rotatable bonds is 11. The van der Waals surface area contributed by atoms with Crippen molar-refractivity contribution in [1.29, 1.82) is 0 Å². The van der Waals surface area contributed by atoms with Crippen LogP contribution >= 0.6 is 11.8 Å². The van der Waals surface area contributed by atoms with Crippen molar-refractivity contribution in [2.24, 2.45) is 0 Å². The number of nitrogens with one attached hydrogen (secondary N) is 1. The Kier molecular flexibility index (Phi) is 13.5. The maximum Gasteiger partial charge on any atom is 0.0474 e. The summed E-state index contributed by atoms with van der Waals surface area (Å²) in [5.74, 6) is 1.32. The first-order valence-corrected chi connectivity index (χ1v) is 6.99. The van der Waals surface area contributed by atoms with Gasteiger partial charge >= 0.3 is 0 Å². The maximum absolute atomic E-state index is 4.97. The fourth-order valence-corrected chi connectivity index (χ4v) is 1.81. The van der Waals surface area contributed by atoms with Crippen LogP contribution in [0.25, 0.3) is 0 Å². The molecular weight excluding hydrogens is 194 g/mol. The van der Waals surface area contributed by atoms with Gasteiger partial charge in [-0.25, -0.2) is 0 Å². The third-order valence-corrected chi connectivity index (χ3v) is 2.85. The predicted octanol–water partition coefficient (Wildman–Crippen LogP) is 2.54. The van der Waals surface area contributed by atoms with Gasteiger partial charge in [-0.05, 0) is 44.4 Å². The molecule has 2 nitrogen and oxygen atoms in total. The van der Waals surface area contributed by atoms with Gasteiger partial charge in [-0.2, -0.15) is 11.8 Å². The summed E-state index contributed by atoms with van der Waals surface area (Å²) >= 11 is 1.95. The summed E-state index contributed by atoms with van der Waals surface area (Å²) in [6, 6.07) is 0. The molecule has 1 N–H and O–H groups in total. The van der Waals surface area contributed by atoms with Crippen molar-refractivity contribution in [2.75, 3.05) is 38.8 Å². The highest BCUT2D eigenvalue weighted by Crippen LogP contribution is 2.03. The molecule has 86 valence electrons. The van der Waals surface area contributed by atoms with E-state index in [0.717, 1.165) is 19.6 Å². The molecule has 0 heterocycles. The fourth-order valence-electron chi connectivity index (χ4n) is 1.32. The summed E-state index contributed by atoms with van der Waals surface area (Å²) in [5.41, 5.74) is 0. The van der Waals surface area contributed by atoms with Gasteiger partial charge in [0.2, 0.25) is 0 Å². The molecule has 0 saturated heterocycles. The summed E-state index contributed by atoms with van der Waals surface area (Å²) in [6.07, 6.45) is 8.77. The van der Waals surface area contributed by atoms with E-state index in [1.54, 1.807) is 7.11 Å². The lowest BCUT2D eigenvalue weighted by Crippen LogP contribution is -2.17. The van der Waals surface area contributed by atoms with Gasteiger partial charge in [0.1, 0.15) is 0 Å². The smallest absolute Gasteiger partial charge is 0.0474 e. The number of ether oxygens (including phenoxy) is 1. The fraction of sp³-hybridized carbons (Fsp3) is 1.00. The summed E-state index contributed by atoms with van der Waals surface area (Å²) in [7, 11) is 1.76. The topological polar surface area (TPSA) is 21.3 Å². The molecule has 3 heteroatoms. The monoisotopic (exact) mass is 219 g/mol. The molecule has 0 spiro atoms. The van der Waals surface area contributed by atoms with Crippen molar-refractivity contribution in [1.82, 2.24) is 5.32 Å². The molecule has 0 aliphatic heterocycles. The predicted molar refractivity (Wildman–Crippen MR) is 66.2 cm³/mol. The van der Waals surface area contributed by atoms with Crippen LogP contribution in [0.1, 0.15) is 32.1 Å². The maximum atomic E-state index is 4.97. The molecule has 0 aromatic rings. The number of hydrogen-bond donors (Lipinski definition) is 1. The van der Waals surface area contributed by atoms with E-state index in [9.17, 15) is 0 Å². The highest BCUT2D eigenvalue weighted by Gasteiger charge is 1.90. The van der Waals surface area contributed by atoms with Crippen molar-refractivity contribution in [3.05, 3.63) is 0 Å². The third-order valence-electron chi connectivity index (χ3n) is 2.15. The average Bonchev–Trinajstić information content (AvgIpc) is 2.21. The first kappa shape index (κ1) is 14.3. The molecule has 0 fully saturated rings. The van der Waals surface area contributed by atoms with Crippen molar-refractivity contribution >= 4 is 11.8 Å². The van der Waals surface area contributed by atoms with E-state index >= 15 is 0 Å². The third kappa shape index (κ3) is 12.3. The zero-order chi connectivity index (χ0) is 10.5. The van der Waals surface area contributed by atoms with Crippen molar-refractivity contribution in [3.8, 4) is 0 Å². The normalized spacial score (nSPS) is 10.7. The van der Waals surface area contributed by atoms with Gasteiger partial charge in [0.05, 0.1) is 0 Å². The van der Waals surface area contributed by atoms with Crippen LogP contribution in [0.5, 0.6) is 0 Å². The second-order valence-electron chi connectivity index (χ2n) is 3.50. The second kappa shape index (κ2) is 13.3. The Morgan fingerprint density at radius 1 is 1.00 bits per heavy atom. The second-order valence-corrected chi connectivity index (χ2v) is 4.49. The Balaban J connectivity index is 2.78. The standard InChI is InChI=1S/C11H25NOS/c1-13-10-7-9-12-8-5-3-4-6-11-14-2/h12H,3-11H2,1-2H3. The molecule has 0 amide bonds. The molecule has 0 radical (unpaired) electrons. The van der Waals surface area contributed by atoms with Crippen molar-refractivity contribution < 1.29 is 4.74 Å². The molecule has 0 aromatic heterocycles. The summed E-state index contributed by atoms with van der Waals surface area (Å²) in [4.78, 5) is 0. The van der Waals surface area contributed by atoms with Crippen LogP contribution in [-0.4, -0.2) is 38.8 Å². The molecule has 0 rings (SSSR count). The molecule has 0 aliphatic rings. The molecule has 0 aliphatic carbocycles. The van der Waals surface area contributed by atoms with Crippen LogP contribution in [0.4, 0.5) is 0 Å². The van der Waals surface area contributed by atoms with Gasteiger partial charge < -0.3 is 10.1 Å². The minimum Gasteiger partial charge on any atom is -0.385 e. The average molecular weight is 219 g/mol. The van der Waals surface area contributed by atoms with Gasteiger partial charge in [-0.1, -0.05) is 12.8 Å². The molecule has 0 unspecified atom stereocenters. The van der Waals surface area contributed by atoms with Gasteiger partial charge in [-0.15, -0.1) is 0 Å². The lowest BCUT2D eigenvalue weighted by molar-refractivity contribution is 0.194. The summed E-state index contributed by atoms with van der Waals surface area (Å²) in [5, 5.41) is 3.43. The van der Waals surface area contributed by atoms with E-state index < -0.39 is 0 Å². The molecule has 0 aromatic carbocycles. The van der Waals surface area contributed by atoms with Crippen molar-refractivity contribution in [2.45, 2.75) is 32.1 Å². The molecule has 0 atom stereocenters. The first-order chi connectivity index (χ1) is 6.91. The van der Waals surface area contributed by atoms with Crippen LogP contribution in [0.15, 0.2) is 0 Å². The number of methoxy groups -OCH3 is 1. The Labute approximate surface area is 93.2 Å². The van der Waals surface area contributed by atoms with E-state index in [0.29, 0.717) is 0 Å². The number of unbranched alkanes of at least 4 members (excludes halogenated alkanes) is 3. The zero-order valence-electron chi connectivity index (χ0n) is 9.68. The van der Waals surface area contributed by atoms with E-state index in [4.69, 9.17) is 4.74 Å². The molecule has 14 heavy (non-hydrogen) atoms. The van der Waals surface area contributed by atoms with E-state index in [2.05, 4.69) is 11.6 Å².